The third-order valence-corrected chi connectivity index (χ3v) is 4.85. The van der Waals surface area contributed by atoms with Crippen molar-refractivity contribution < 1.29 is 20.1 Å². The van der Waals surface area contributed by atoms with Crippen molar-refractivity contribution in [2.75, 3.05) is 12.3 Å². The summed E-state index contributed by atoms with van der Waals surface area (Å²) in [6.07, 6.45) is 1.94. The highest BCUT2D eigenvalue weighted by Crippen LogP contribution is 2.36. The molecule has 11 heteroatoms. The number of hydrogen-bond acceptors (Lipinski definition) is 10. The number of ether oxygens (including phenoxy) is 1. The first kappa shape index (κ1) is 19.9. The zero-order valence-electron chi connectivity index (χ0n) is 15.2. The maximum absolute atomic E-state index is 10.8. The van der Waals surface area contributed by atoms with E-state index in [1.807, 2.05) is 0 Å². The van der Waals surface area contributed by atoms with Crippen LogP contribution in [0.15, 0.2) is 12.7 Å². The van der Waals surface area contributed by atoms with E-state index >= 15 is 0 Å². The summed E-state index contributed by atoms with van der Waals surface area (Å²) in [6.45, 7) is 1.62. The van der Waals surface area contributed by atoms with E-state index in [1.165, 1.54) is 17.2 Å². The van der Waals surface area contributed by atoms with Gasteiger partial charge in [-0.2, -0.15) is 0 Å². The third kappa shape index (κ3) is 3.49. The zero-order chi connectivity index (χ0) is 19.6. The molecule has 2 aromatic rings. The first-order valence-corrected chi connectivity index (χ1v) is 9.06. The van der Waals surface area contributed by atoms with Gasteiger partial charge in [0.2, 0.25) is 5.85 Å². The minimum absolute atomic E-state index is 0.174. The summed E-state index contributed by atoms with van der Waals surface area (Å²) in [5.41, 5.74) is 12.7. The molecular formula is C16H27N7O4. The van der Waals surface area contributed by atoms with Gasteiger partial charge in [-0.15, -0.1) is 0 Å². The van der Waals surface area contributed by atoms with Gasteiger partial charge in [0.25, 0.3) is 0 Å². The lowest BCUT2D eigenvalue weighted by Gasteiger charge is -2.36. The van der Waals surface area contributed by atoms with Gasteiger partial charge in [-0.1, -0.05) is 26.2 Å². The van der Waals surface area contributed by atoms with E-state index in [4.69, 9.17) is 16.2 Å². The van der Waals surface area contributed by atoms with Gasteiger partial charge in [0.05, 0.1) is 12.8 Å². The van der Waals surface area contributed by atoms with Crippen LogP contribution in [-0.4, -0.2) is 65.9 Å². The molecule has 3 rings (SSSR count). The van der Waals surface area contributed by atoms with E-state index in [9.17, 15) is 15.3 Å². The van der Waals surface area contributed by atoms with Crippen LogP contribution in [0, 0.1) is 0 Å². The van der Waals surface area contributed by atoms with Crippen molar-refractivity contribution in [3.05, 3.63) is 12.7 Å². The van der Waals surface area contributed by atoms with Gasteiger partial charge in [0, 0.05) is 0 Å². The highest BCUT2D eigenvalue weighted by molar-refractivity contribution is 5.81. The maximum Gasteiger partial charge on any atom is 0.235 e. The Kier molecular flexibility index (Phi) is 5.89. The molecule has 5 atom stereocenters. The largest absolute Gasteiger partial charge is 0.394 e. The van der Waals surface area contributed by atoms with Crippen LogP contribution >= 0.6 is 0 Å². The Morgan fingerprint density at radius 3 is 2.78 bits per heavy atom. The second-order valence-corrected chi connectivity index (χ2v) is 6.76. The fraction of sp³-hybridized carbons (Fsp3) is 0.688. The van der Waals surface area contributed by atoms with Crippen LogP contribution < -0.4 is 16.8 Å². The molecule has 2 aromatic heterocycles. The number of nitrogen functional groups attached to an aromatic ring is 1. The van der Waals surface area contributed by atoms with Crippen molar-refractivity contribution in [1.82, 2.24) is 24.8 Å². The highest BCUT2D eigenvalue weighted by atomic mass is 16.6. The van der Waals surface area contributed by atoms with Crippen molar-refractivity contribution in [3.8, 4) is 0 Å². The smallest absolute Gasteiger partial charge is 0.235 e. The number of aliphatic hydroxyl groups excluding tert-OH is 3. The van der Waals surface area contributed by atoms with Gasteiger partial charge in [-0.25, -0.2) is 15.0 Å². The highest BCUT2D eigenvalue weighted by Gasteiger charge is 2.56. The molecule has 1 saturated heterocycles. The summed E-state index contributed by atoms with van der Waals surface area (Å²) in [5.74, 6) is -1.48. The molecule has 0 amide bonds. The Morgan fingerprint density at radius 2 is 2.11 bits per heavy atom. The minimum Gasteiger partial charge on any atom is -0.394 e. The molecule has 0 aromatic carbocycles. The number of nitrogens with one attached hydrogen (secondary N) is 1. The number of aliphatic hydroxyl groups is 3. The molecule has 3 heterocycles. The number of rotatable bonds is 8. The van der Waals surface area contributed by atoms with Crippen LogP contribution in [0.4, 0.5) is 5.82 Å². The summed E-state index contributed by atoms with van der Waals surface area (Å²) in [6, 6.07) is 0. The SMILES string of the molecule is CCCCCC(N)N[C@@]1(n2cnc3c(N)ncnc32)O[C@H](CO)[C@@H](O)[C@H]1O. The minimum atomic E-state index is -1.66. The lowest BCUT2D eigenvalue weighted by molar-refractivity contribution is -0.174. The summed E-state index contributed by atoms with van der Waals surface area (Å²) >= 11 is 0. The molecule has 1 fully saturated rings. The van der Waals surface area contributed by atoms with Crippen LogP contribution in [0.3, 0.4) is 0 Å². The van der Waals surface area contributed by atoms with E-state index in [2.05, 4.69) is 27.2 Å². The van der Waals surface area contributed by atoms with E-state index in [0.29, 0.717) is 17.6 Å². The molecule has 0 aliphatic carbocycles. The first-order valence-electron chi connectivity index (χ1n) is 9.06. The molecule has 1 aliphatic rings. The van der Waals surface area contributed by atoms with Crippen LogP contribution in [0.5, 0.6) is 0 Å². The van der Waals surface area contributed by atoms with E-state index in [-0.39, 0.29) is 5.82 Å². The molecule has 0 saturated carbocycles. The van der Waals surface area contributed by atoms with Crippen molar-refractivity contribution in [2.45, 2.75) is 62.9 Å². The Labute approximate surface area is 156 Å². The molecule has 8 N–H and O–H groups in total. The maximum atomic E-state index is 10.8. The molecular weight excluding hydrogens is 354 g/mol. The summed E-state index contributed by atoms with van der Waals surface area (Å²) in [7, 11) is 0. The predicted molar refractivity (Wildman–Crippen MR) is 96.9 cm³/mol. The standard InChI is InChI=1S/C16H27N7O4/c1-2-3-4-5-10(17)22-16(13(26)12(25)9(6-24)27-16)23-8-21-11-14(18)19-7-20-15(11)23/h7-10,12-13,22,24-26H,2-6,17H2,1H3,(H2,18,19,20)/t9-,10?,12-,13-,16+/m1/s1. The Hall–Kier alpha value is -1.89. The average Bonchev–Trinajstić information content (AvgIpc) is 3.19. The van der Waals surface area contributed by atoms with Gasteiger partial charge in [-0.3, -0.25) is 9.88 Å². The van der Waals surface area contributed by atoms with Crippen LogP contribution in [0.2, 0.25) is 0 Å². The fourth-order valence-electron chi connectivity index (χ4n) is 3.39. The quantitative estimate of drug-likeness (QED) is 0.235. The summed E-state index contributed by atoms with van der Waals surface area (Å²) < 4.78 is 7.31. The van der Waals surface area contributed by atoms with Gasteiger partial charge in [-0.05, 0) is 6.42 Å². The van der Waals surface area contributed by atoms with Gasteiger partial charge in [0.1, 0.15) is 36.5 Å². The average molecular weight is 381 g/mol. The van der Waals surface area contributed by atoms with Crippen molar-refractivity contribution in [3.63, 3.8) is 0 Å². The summed E-state index contributed by atoms with van der Waals surface area (Å²) in [4.78, 5) is 12.3. The molecule has 0 bridgehead atoms. The lowest BCUT2D eigenvalue weighted by Crippen LogP contribution is -2.61. The molecule has 11 nitrogen and oxygen atoms in total. The Bertz CT molecular complexity index is 772. The number of aromatic nitrogens is 4. The molecule has 0 spiro atoms. The molecule has 1 aliphatic heterocycles. The number of imidazole rings is 1. The second kappa shape index (κ2) is 8.00. The van der Waals surface area contributed by atoms with E-state index in [0.717, 1.165) is 19.3 Å². The number of anilines is 1. The number of unbranched alkanes of at least 4 members (excludes halogenated alkanes) is 2. The van der Waals surface area contributed by atoms with E-state index in [1.54, 1.807) is 0 Å². The van der Waals surface area contributed by atoms with E-state index < -0.39 is 36.9 Å². The topological polar surface area (TPSA) is 178 Å². The van der Waals surface area contributed by atoms with Gasteiger partial charge >= 0.3 is 0 Å². The Balaban J connectivity index is 2.01. The first-order chi connectivity index (χ1) is 12.9. The molecule has 150 valence electrons. The zero-order valence-corrected chi connectivity index (χ0v) is 15.2. The fourth-order valence-corrected chi connectivity index (χ4v) is 3.39. The number of nitrogens with two attached hydrogens (primary N) is 2. The summed E-state index contributed by atoms with van der Waals surface area (Å²) in [5, 5.41) is 33.7. The van der Waals surface area contributed by atoms with Crippen LogP contribution in [0.1, 0.15) is 32.6 Å². The second-order valence-electron chi connectivity index (χ2n) is 6.76. The van der Waals surface area contributed by atoms with Gasteiger partial charge in [0.15, 0.2) is 11.5 Å². The molecule has 1 unspecified atom stereocenters. The predicted octanol–water partition coefficient (Wildman–Crippen LogP) is -1.41. The number of nitrogens with zero attached hydrogens (tertiary/aromatic N) is 4. The Morgan fingerprint density at radius 1 is 1.33 bits per heavy atom. The van der Waals surface area contributed by atoms with Crippen LogP contribution in [0.25, 0.3) is 11.2 Å². The lowest BCUT2D eigenvalue weighted by atomic mass is 10.1. The normalized spacial score (nSPS) is 29.4. The van der Waals surface area contributed by atoms with Crippen molar-refractivity contribution >= 4 is 17.0 Å². The number of hydrogen-bond donors (Lipinski definition) is 6. The third-order valence-electron chi connectivity index (χ3n) is 4.85. The monoisotopic (exact) mass is 381 g/mol. The molecule has 27 heavy (non-hydrogen) atoms. The number of fused-ring (bicyclic) bond motifs is 1. The van der Waals surface area contributed by atoms with Crippen molar-refractivity contribution in [1.29, 1.82) is 0 Å². The van der Waals surface area contributed by atoms with Crippen molar-refractivity contribution in [2.24, 2.45) is 5.73 Å². The van der Waals surface area contributed by atoms with Gasteiger partial charge < -0.3 is 31.5 Å². The molecule has 0 radical (unpaired) electrons. The van der Waals surface area contributed by atoms with Crippen LogP contribution in [-0.2, 0) is 10.6 Å².